The molecule has 0 saturated carbocycles. The van der Waals surface area contributed by atoms with E-state index in [-0.39, 0.29) is 29.4 Å². The second-order valence-corrected chi connectivity index (χ2v) is 7.32. The summed E-state index contributed by atoms with van der Waals surface area (Å²) in [5.41, 5.74) is 7.36. The number of amides is 1. The van der Waals surface area contributed by atoms with Crippen molar-refractivity contribution >= 4 is 29.7 Å². The fraction of sp³-hybridized carbons (Fsp3) is 0.350. The Balaban J connectivity index is 0.00000280. The third kappa shape index (κ3) is 4.79. The van der Waals surface area contributed by atoms with Gasteiger partial charge in [0.1, 0.15) is 5.69 Å². The molecular weight excluding hydrogens is 380 g/mol. The SMILES string of the molecule is CC1(CN)CCN(C(=O)c2ccc(NCc3ccccc3)c([N+](=O)[O-])c2)C1.Cl. The normalized spacial score (nSPS) is 18.4. The Labute approximate surface area is 170 Å². The Morgan fingerprint density at radius 1 is 1.29 bits per heavy atom. The number of carbonyl (C=O) groups is 1. The first-order valence-electron chi connectivity index (χ1n) is 8.97. The number of nitro groups is 1. The van der Waals surface area contributed by atoms with E-state index in [9.17, 15) is 14.9 Å². The minimum atomic E-state index is -0.460. The van der Waals surface area contributed by atoms with E-state index >= 15 is 0 Å². The van der Waals surface area contributed by atoms with Gasteiger partial charge in [-0.3, -0.25) is 14.9 Å². The first kappa shape index (κ1) is 21.7. The van der Waals surface area contributed by atoms with Gasteiger partial charge in [0.05, 0.1) is 4.92 Å². The van der Waals surface area contributed by atoms with Gasteiger partial charge in [0, 0.05) is 31.3 Å². The van der Waals surface area contributed by atoms with Crippen molar-refractivity contribution in [2.45, 2.75) is 19.9 Å². The molecule has 0 aromatic heterocycles. The van der Waals surface area contributed by atoms with Gasteiger partial charge in [0.2, 0.25) is 0 Å². The summed E-state index contributed by atoms with van der Waals surface area (Å²) in [6, 6.07) is 14.2. The smallest absolute Gasteiger partial charge is 0.293 e. The number of nitro benzene ring substituents is 1. The molecule has 1 amide bonds. The van der Waals surface area contributed by atoms with E-state index in [0.717, 1.165) is 12.0 Å². The molecule has 1 atom stereocenters. The maximum Gasteiger partial charge on any atom is 0.293 e. The zero-order valence-electron chi connectivity index (χ0n) is 15.8. The Morgan fingerprint density at radius 3 is 2.61 bits per heavy atom. The van der Waals surface area contributed by atoms with E-state index in [4.69, 9.17) is 5.73 Å². The molecule has 7 nitrogen and oxygen atoms in total. The van der Waals surface area contributed by atoms with Crippen molar-refractivity contribution in [3.05, 3.63) is 69.8 Å². The van der Waals surface area contributed by atoms with Crippen LogP contribution in [0.2, 0.25) is 0 Å². The number of benzene rings is 2. The average molecular weight is 405 g/mol. The number of likely N-dealkylation sites (tertiary alicyclic amines) is 1. The molecule has 1 aliphatic rings. The second-order valence-electron chi connectivity index (χ2n) is 7.32. The van der Waals surface area contributed by atoms with Crippen molar-refractivity contribution in [1.29, 1.82) is 0 Å². The summed E-state index contributed by atoms with van der Waals surface area (Å²) in [6.07, 6.45) is 0.841. The van der Waals surface area contributed by atoms with Gasteiger partial charge < -0.3 is 16.0 Å². The number of nitrogens with two attached hydrogens (primary N) is 1. The van der Waals surface area contributed by atoms with E-state index in [1.54, 1.807) is 17.0 Å². The molecule has 2 aromatic carbocycles. The summed E-state index contributed by atoms with van der Waals surface area (Å²) >= 11 is 0. The molecular formula is C20H25ClN4O3. The maximum absolute atomic E-state index is 12.8. The van der Waals surface area contributed by atoms with E-state index in [1.807, 2.05) is 30.3 Å². The van der Waals surface area contributed by atoms with Crippen LogP contribution in [-0.4, -0.2) is 35.4 Å². The van der Waals surface area contributed by atoms with Gasteiger partial charge in [-0.1, -0.05) is 37.3 Å². The van der Waals surface area contributed by atoms with Gasteiger partial charge in [0.25, 0.3) is 11.6 Å². The molecule has 8 heteroatoms. The molecule has 1 unspecified atom stereocenters. The second kappa shape index (κ2) is 9.03. The fourth-order valence-corrected chi connectivity index (χ4v) is 3.30. The number of hydrogen-bond donors (Lipinski definition) is 2. The van der Waals surface area contributed by atoms with Crippen molar-refractivity contribution in [3.8, 4) is 0 Å². The highest BCUT2D eigenvalue weighted by molar-refractivity contribution is 5.96. The van der Waals surface area contributed by atoms with Crippen LogP contribution in [0.5, 0.6) is 0 Å². The number of anilines is 1. The highest BCUT2D eigenvalue weighted by atomic mass is 35.5. The van der Waals surface area contributed by atoms with Crippen LogP contribution in [0.4, 0.5) is 11.4 Å². The van der Waals surface area contributed by atoms with Crippen molar-refractivity contribution in [3.63, 3.8) is 0 Å². The molecule has 1 heterocycles. The highest BCUT2D eigenvalue weighted by Gasteiger charge is 2.35. The molecule has 150 valence electrons. The minimum absolute atomic E-state index is 0. The number of hydrogen-bond acceptors (Lipinski definition) is 5. The third-order valence-corrected chi connectivity index (χ3v) is 5.11. The lowest BCUT2D eigenvalue weighted by molar-refractivity contribution is -0.384. The van der Waals surface area contributed by atoms with Crippen molar-refractivity contribution < 1.29 is 9.72 Å². The molecule has 3 rings (SSSR count). The van der Waals surface area contributed by atoms with Gasteiger partial charge in [0.15, 0.2) is 0 Å². The van der Waals surface area contributed by atoms with Crippen LogP contribution in [0.1, 0.15) is 29.3 Å². The van der Waals surface area contributed by atoms with Gasteiger partial charge in [-0.05, 0) is 36.1 Å². The van der Waals surface area contributed by atoms with Crippen LogP contribution in [0.15, 0.2) is 48.5 Å². The molecule has 3 N–H and O–H groups in total. The topological polar surface area (TPSA) is 102 Å². The summed E-state index contributed by atoms with van der Waals surface area (Å²) in [7, 11) is 0. The number of halogens is 1. The lowest BCUT2D eigenvalue weighted by Crippen LogP contribution is -2.34. The standard InChI is InChI=1S/C20H24N4O3.ClH/c1-20(13-21)9-10-23(14-20)19(25)16-7-8-17(18(11-16)24(26)27)22-12-15-5-3-2-4-6-15;/h2-8,11,22H,9-10,12-14,21H2,1H3;1H. The van der Waals surface area contributed by atoms with Crippen LogP contribution >= 0.6 is 12.4 Å². The van der Waals surface area contributed by atoms with Gasteiger partial charge in [-0.15, -0.1) is 12.4 Å². The Hall–Kier alpha value is -2.64. The molecule has 0 bridgehead atoms. The quantitative estimate of drug-likeness (QED) is 0.567. The number of rotatable bonds is 6. The van der Waals surface area contributed by atoms with E-state index in [0.29, 0.717) is 37.4 Å². The van der Waals surface area contributed by atoms with Crippen LogP contribution in [0.25, 0.3) is 0 Å². The molecule has 1 aliphatic heterocycles. The van der Waals surface area contributed by atoms with Gasteiger partial charge in [-0.2, -0.15) is 0 Å². The van der Waals surface area contributed by atoms with Crippen molar-refractivity contribution in [2.24, 2.45) is 11.1 Å². The van der Waals surface area contributed by atoms with Crippen LogP contribution < -0.4 is 11.1 Å². The Morgan fingerprint density at radius 2 is 2.00 bits per heavy atom. The maximum atomic E-state index is 12.8. The monoisotopic (exact) mass is 404 g/mol. The molecule has 0 aliphatic carbocycles. The van der Waals surface area contributed by atoms with E-state index < -0.39 is 4.92 Å². The lowest BCUT2D eigenvalue weighted by atomic mass is 9.90. The summed E-state index contributed by atoms with van der Waals surface area (Å²) in [4.78, 5) is 25.5. The van der Waals surface area contributed by atoms with Crippen LogP contribution in [-0.2, 0) is 6.54 Å². The van der Waals surface area contributed by atoms with Gasteiger partial charge in [-0.25, -0.2) is 0 Å². The third-order valence-electron chi connectivity index (χ3n) is 5.11. The summed E-state index contributed by atoms with van der Waals surface area (Å²) in [5.74, 6) is -0.190. The zero-order chi connectivity index (χ0) is 19.4. The predicted molar refractivity (Wildman–Crippen MR) is 112 cm³/mol. The fourth-order valence-electron chi connectivity index (χ4n) is 3.30. The van der Waals surface area contributed by atoms with E-state index in [2.05, 4.69) is 12.2 Å². The predicted octanol–water partition coefficient (Wildman–Crippen LogP) is 3.44. The largest absolute Gasteiger partial charge is 0.375 e. The van der Waals surface area contributed by atoms with Crippen molar-refractivity contribution in [1.82, 2.24) is 4.90 Å². The summed E-state index contributed by atoms with van der Waals surface area (Å²) in [6.45, 7) is 4.23. The Kier molecular flexibility index (Phi) is 6.99. The number of nitrogens with one attached hydrogen (secondary N) is 1. The Bertz CT molecular complexity index is 847. The molecule has 1 saturated heterocycles. The molecule has 1 fully saturated rings. The van der Waals surface area contributed by atoms with Crippen LogP contribution in [0.3, 0.4) is 0 Å². The molecule has 2 aromatic rings. The first-order valence-corrected chi connectivity index (χ1v) is 8.97. The number of nitrogens with zero attached hydrogens (tertiary/aromatic N) is 2. The van der Waals surface area contributed by atoms with Crippen LogP contribution in [0, 0.1) is 15.5 Å². The zero-order valence-corrected chi connectivity index (χ0v) is 16.6. The minimum Gasteiger partial charge on any atom is -0.375 e. The molecule has 28 heavy (non-hydrogen) atoms. The highest BCUT2D eigenvalue weighted by Crippen LogP contribution is 2.31. The van der Waals surface area contributed by atoms with Crippen molar-refractivity contribution in [2.75, 3.05) is 25.0 Å². The molecule has 0 radical (unpaired) electrons. The molecule has 0 spiro atoms. The lowest BCUT2D eigenvalue weighted by Gasteiger charge is -2.22. The van der Waals surface area contributed by atoms with E-state index in [1.165, 1.54) is 6.07 Å². The summed E-state index contributed by atoms with van der Waals surface area (Å²) in [5, 5.41) is 14.6. The number of carbonyl (C=O) groups excluding carboxylic acids is 1. The summed E-state index contributed by atoms with van der Waals surface area (Å²) < 4.78 is 0. The average Bonchev–Trinajstić information content (AvgIpc) is 3.09. The van der Waals surface area contributed by atoms with Gasteiger partial charge >= 0.3 is 0 Å². The first-order chi connectivity index (χ1) is 12.9.